The van der Waals surface area contributed by atoms with Gasteiger partial charge in [0.1, 0.15) is 11.4 Å². The van der Waals surface area contributed by atoms with Crippen LogP contribution in [0, 0.1) is 0 Å². The lowest BCUT2D eigenvalue weighted by Crippen LogP contribution is -2.61. The molecule has 2 heterocycles. The van der Waals surface area contributed by atoms with Crippen molar-refractivity contribution in [1.82, 2.24) is 0 Å². The first kappa shape index (κ1) is 17.3. The van der Waals surface area contributed by atoms with Crippen molar-refractivity contribution in [1.29, 1.82) is 0 Å². The van der Waals surface area contributed by atoms with Gasteiger partial charge in [-0.15, -0.1) is 0 Å². The quantitative estimate of drug-likeness (QED) is 0.666. The lowest BCUT2D eigenvalue weighted by atomic mass is 9.74. The fraction of sp³-hybridized carbons (Fsp3) is 0.292. The average Bonchev–Trinajstić information content (AvgIpc) is 2.93. The lowest BCUT2D eigenvalue weighted by Gasteiger charge is -2.44. The summed E-state index contributed by atoms with van der Waals surface area (Å²) in [6, 6.07) is 20.7. The molecule has 0 saturated carbocycles. The predicted molar refractivity (Wildman–Crippen MR) is 114 cm³/mol. The molecule has 2 N–H and O–H groups in total. The van der Waals surface area contributed by atoms with Crippen molar-refractivity contribution in [2.45, 2.75) is 37.8 Å². The molecule has 0 saturated heterocycles. The van der Waals surface area contributed by atoms with Gasteiger partial charge in [0.15, 0.2) is 0 Å². The minimum atomic E-state index is -0.763. The van der Waals surface area contributed by atoms with E-state index < -0.39 is 5.72 Å². The fourth-order valence-corrected chi connectivity index (χ4v) is 4.61. The summed E-state index contributed by atoms with van der Waals surface area (Å²) in [5.41, 5.74) is 3.03. The van der Waals surface area contributed by atoms with Gasteiger partial charge in [-0.05, 0) is 49.8 Å². The molecule has 5 rings (SSSR count). The first-order valence-electron chi connectivity index (χ1n) is 9.84. The van der Waals surface area contributed by atoms with Gasteiger partial charge >= 0.3 is 0 Å². The van der Waals surface area contributed by atoms with E-state index in [1.807, 2.05) is 24.3 Å². The third kappa shape index (κ3) is 2.24. The van der Waals surface area contributed by atoms with E-state index in [0.717, 1.165) is 33.6 Å². The van der Waals surface area contributed by atoms with Crippen molar-refractivity contribution in [2.24, 2.45) is 4.99 Å². The van der Waals surface area contributed by atoms with Crippen LogP contribution in [0.15, 0.2) is 65.7 Å². The van der Waals surface area contributed by atoms with Crippen molar-refractivity contribution in [2.75, 3.05) is 11.9 Å². The summed E-state index contributed by atoms with van der Waals surface area (Å²) in [5.74, 6) is 0.792. The Morgan fingerprint density at radius 1 is 1.00 bits per heavy atom. The van der Waals surface area contributed by atoms with Gasteiger partial charge in [0.25, 0.3) is 0 Å². The van der Waals surface area contributed by atoms with Gasteiger partial charge in [-0.25, -0.2) is 4.99 Å². The maximum atomic E-state index is 9.48. The highest BCUT2D eigenvalue weighted by Crippen LogP contribution is 2.53. The number of benzene rings is 3. The normalized spacial score (nSPS) is 21.6. The Morgan fingerprint density at radius 2 is 1.79 bits per heavy atom. The third-order valence-electron chi connectivity index (χ3n) is 6.14. The molecule has 2 aliphatic rings. The summed E-state index contributed by atoms with van der Waals surface area (Å²) in [7, 11) is 0. The number of aliphatic hydroxyl groups is 1. The first-order valence-corrected chi connectivity index (χ1v) is 9.84. The molecule has 1 atom stereocenters. The minimum absolute atomic E-state index is 0.130. The molecule has 0 radical (unpaired) electrons. The number of fused-ring (bicyclic) bond motifs is 4. The second-order valence-corrected chi connectivity index (χ2v) is 8.10. The SMILES string of the molecule is CC1(C)c2ccccc2NC12Oc1ccc3ccccc3c1N=C2CCCO. The van der Waals surface area contributed by atoms with E-state index in [2.05, 4.69) is 55.6 Å². The largest absolute Gasteiger partial charge is 0.459 e. The summed E-state index contributed by atoms with van der Waals surface area (Å²) in [6.45, 7) is 4.53. The molecule has 4 nitrogen and oxygen atoms in total. The highest BCUT2D eigenvalue weighted by Gasteiger charge is 2.58. The van der Waals surface area contributed by atoms with Crippen LogP contribution in [0.2, 0.25) is 0 Å². The van der Waals surface area contributed by atoms with Crippen LogP contribution in [0.4, 0.5) is 11.4 Å². The summed E-state index contributed by atoms with van der Waals surface area (Å²) < 4.78 is 6.77. The topological polar surface area (TPSA) is 53.8 Å². The van der Waals surface area contributed by atoms with Gasteiger partial charge in [-0.2, -0.15) is 0 Å². The molecule has 0 fully saturated rings. The average molecular weight is 372 g/mol. The number of para-hydroxylation sites is 1. The maximum absolute atomic E-state index is 9.48. The Kier molecular flexibility index (Phi) is 3.75. The zero-order valence-corrected chi connectivity index (χ0v) is 16.2. The first-order chi connectivity index (χ1) is 13.6. The van der Waals surface area contributed by atoms with Crippen LogP contribution in [-0.2, 0) is 5.41 Å². The van der Waals surface area contributed by atoms with E-state index in [4.69, 9.17) is 9.73 Å². The molecule has 142 valence electrons. The van der Waals surface area contributed by atoms with Crippen molar-refractivity contribution >= 4 is 27.9 Å². The number of aliphatic hydroxyl groups excluding tert-OH is 1. The molecule has 2 aliphatic heterocycles. The van der Waals surface area contributed by atoms with Crippen LogP contribution in [0.3, 0.4) is 0 Å². The van der Waals surface area contributed by atoms with Crippen molar-refractivity contribution < 1.29 is 9.84 Å². The van der Waals surface area contributed by atoms with Crippen LogP contribution in [0.5, 0.6) is 5.75 Å². The number of hydrogen-bond acceptors (Lipinski definition) is 4. The van der Waals surface area contributed by atoms with Gasteiger partial charge in [0, 0.05) is 17.7 Å². The van der Waals surface area contributed by atoms with Crippen LogP contribution >= 0.6 is 0 Å². The molecule has 0 aliphatic carbocycles. The second kappa shape index (κ2) is 6.08. The van der Waals surface area contributed by atoms with E-state index >= 15 is 0 Å². The van der Waals surface area contributed by atoms with E-state index in [0.29, 0.717) is 12.8 Å². The Bertz CT molecular complexity index is 1100. The molecule has 4 heteroatoms. The van der Waals surface area contributed by atoms with E-state index in [1.54, 1.807) is 0 Å². The molecule has 1 spiro atoms. The van der Waals surface area contributed by atoms with Gasteiger partial charge < -0.3 is 15.2 Å². The second-order valence-electron chi connectivity index (χ2n) is 8.10. The zero-order valence-electron chi connectivity index (χ0n) is 16.2. The molecule has 0 bridgehead atoms. The monoisotopic (exact) mass is 372 g/mol. The van der Waals surface area contributed by atoms with E-state index in [9.17, 15) is 5.11 Å². The Hall–Kier alpha value is -2.85. The summed E-state index contributed by atoms with van der Waals surface area (Å²) in [6.07, 6.45) is 1.32. The van der Waals surface area contributed by atoms with Crippen LogP contribution in [0.1, 0.15) is 32.3 Å². The summed E-state index contributed by atoms with van der Waals surface area (Å²) in [4.78, 5) is 5.14. The Balaban J connectivity index is 1.73. The van der Waals surface area contributed by atoms with Crippen LogP contribution in [-0.4, -0.2) is 23.2 Å². The van der Waals surface area contributed by atoms with Gasteiger partial charge in [0.2, 0.25) is 5.72 Å². The standard InChI is InChI=1S/C24H24N2O2/c1-23(2)18-10-5-6-11-19(18)26-24(23)21(12-7-15-27)25-22-17-9-4-3-8-16(17)13-14-20(22)28-24/h3-6,8-11,13-14,26-27H,7,12,15H2,1-2H3. The maximum Gasteiger partial charge on any atom is 0.229 e. The molecule has 3 aromatic carbocycles. The van der Waals surface area contributed by atoms with Crippen LogP contribution < -0.4 is 10.1 Å². The predicted octanol–water partition coefficient (Wildman–Crippen LogP) is 5.18. The highest BCUT2D eigenvalue weighted by atomic mass is 16.5. The van der Waals surface area contributed by atoms with Crippen LogP contribution in [0.25, 0.3) is 10.8 Å². The van der Waals surface area contributed by atoms with Gasteiger partial charge in [-0.1, -0.05) is 48.5 Å². The molecule has 1 unspecified atom stereocenters. The molecule has 28 heavy (non-hydrogen) atoms. The number of hydrogen-bond donors (Lipinski definition) is 2. The number of anilines is 1. The lowest BCUT2D eigenvalue weighted by molar-refractivity contribution is 0.0987. The number of nitrogens with zero attached hydrogens (tertiary/aromatic N) is 1. The Labute approximate surface area is 164 Å². The molecular formula is C24H24N2O2. The zero-order chi connectivity index (χ0) is 19.4. The summed E-state index contributed by atoms with van der Waals surface area (Å²) in [5, 5.41) is 15.4. The van der Waals surface area contributed by atoms with Gasteiger partial charge in [-0.3, -0.25) is 0 Å². The number of aliphatic imine (C=N–C) groups is 1. The summed E-state index contributed by atoms with van der Waals surface area (Å²) >= 11 is 0. The smallest absolute Gasteiger partial charge is 0.229 e. The van der Waals surface area contributed by atoms with Crippen molar-refractivity contribution in [3.8, 4) is 5.75 Å². The number of ether oxygens (including phenoxy) is 1. The van der Waals surface area contributed by atoms with E-state index in [1.165, 1.54) is 5.56 Å². The molecule has 0 aromatic heterocycles. The number of rotatable bonds is 3. The third-order valence-corrected chi connectivity index (χ3v) is 6.14. The fourth-order valence-electron chi connectivity index (χ4n) is 4.61. The molecule has 3 aromatic rings. The minimum Gasteiger partial charge on any atom is -0.459 e. The Morgan fingerprint density at radius 3 is 2.61 bits per heavy atom. The van der Waals surface area contributed by atoms with Crippen molar-refractivity contribution in [3.63, 3.8) is 0 Å². The van der Waals surface area contributed by atoms with E-state index in [-0.39, 0.29) is 12.0 Å². The molecular weight excluding hydrogens is 348 g/mol. The molecule has 0 amide bonds. The van der Waals surface area contributed by atoms with Crippen molar-refractivity contribution in [3.05, 3.63) is 66.2 Å². The van der Waals surface area contributed by atoms with Gasteiger partial charge in [0.05, 0.1) is 11.1 Å². The number of nitrogens with one attached hydrogen (secondary N) is 1. The highest BCUT2D eigenvalue weighted by molar-refractivity contribution is 6.06.